The number of hydrogen-bond donors (Lipinski definition) is 1. The van der Waals surface area contributed by atoms with Crippen molar-refractivity contribution in [3.05, 3.63) is 90.5 Å². The first-order chi connectivity index (χ1) is 15.0. The maximum Gasteiger partial charge on any atom is 0.253 e. The third kappa shape index (κ3) is 4.30. The Morgan fingerprint density at radius 2 is 1.77 bits per heavy atom. The summed E-state index contributed by atoms with van der Waals surface area (Å²) in [5.41, 5.74) is 2.90. The first-order valence-electron chi connectivity index (χ1n) is 10.0. The van der Waals surface area contributed by atoms with Crippen molar-refractivity contribution < 1.29 is 9.59 Å². The highest BCUT2D eigenvalue weighted by Crippen LogP contribution is 2.22. The molecule has 4 aromatic rings. The number of pyridine rings is 1. The summed E-state index contributed by atoms with van der Waals surface area (Å²) in [6.07, 6.45) is 3.14. The molecule has 0 saturated heterocycles. The summed E-state index contributed by atoms with van der Waals surface area (Å²) < 4.78 is 1.87. The van der Waals surface area contributed by atoms with E-state index in [1.807, 2.05) is 66.1 Å². The summed E-state index contributed by atoms with van der Waals surface area (Å²) in [6, 6.07) is 20.1. The SMILES string of the molecule is CC(NC(=O)c1cccnc1)c1nc2ccccc2n1CC(=O)N(C)c1ccccc1. The number of nitrogens with zero attached hydrogens (tertiary/aromatic N) is 4. The third-order valence-corrected chi connectivity index (χ3v) is 5.15. The van der Waals surface area contributed by atoms with Gasteiger partial charge in [0.05, 0.1) is 22.6 Å². The molecule has 0 fully saturated rings. The highest BCUT2D eigenvalue weighted by Gasteiger charge is 2.22. The molecule has 0 bridgehead atoms. The van der Waals surface area contributed by atoms with Crippen molar-refractivity contribution in [2.24, 2.45) is 0 Å². The Morgan fingerprint density at radius 1 is 1.03 bits per heavy atom. The van der Waals surface area contributed by atoms with Crippen molar-refractivity contribution >= 4 is 28.5 Å². The number of rotatable bonds is 6. The number of carbonyl (C=O) groups excluding carboxylic acids is 2. The van der Waals surface area contributed by atoms with Crippen LogP contribution in [0.4, 0.5) is 5.69 Å². The second kappa shape index (κ2) is 8.79. The molecular weight excluding hydrogens is 390 g/mol. The summed E-state index contributed by atoms with van der Waals surface area (Å²) in [7, 11) is 1.75. The number of fused-ring (bicyclic) bond motifs is 1. The van der Waals surface area contributed by atoms with E-state index in [-0.39, 0.29) is 18.4 Å². The van der Waals surface area contributed by atoms with Gasteiger partial charge in [0.1, 0.15) is 12.4 Å². The van der Waals surface area contributed by atoms with Crippen LogP contribution in [-0.4, -0.2) is 33.4 Å². The van der Waals surface area contributed by atoms with Gasteiger partial charge in [-0.05, 0) is 43.3 Å². The van der Waals surface area contributed by atoms with Gasteiger partial charge in [0, 0.05) is 25.1 Å². The lowest BCUT2D eigenvalue weighted by Crippen LogP contribution is -2.33. The van der Waals surface area contributed by atoms with Crippen molar-refractivity contribution in [3.8, 4) is 0 Å². The molecule has 1 atom stereocenters. The van der Waals surface area contributed by atoms with E-state index in [9.17, 15) is 9.59 Å². The van der Waals surface area contributed by atoms with Gasteiger partial charge < -0.3 is 14.8 Å². The van der Waals surface area contributed by atoms with Gasteiger partial charge in [0.15, 0.2) is 0 Å². The van der Waals surface area contributed by atoms with Crippen molar-refractivity contribution in [2.45, 2.75) is 19.5 Å². The fourth-order valence-corrected chi connectivity index (χ4v) is 3.47. The number of carbonyl (C=O) groups is 2. The smallest absolute Gasteiger partial charge is 0.253 e. The van der Waals surface area contributed by atoms with E-state index in [0.29, 0.717) is 11.4 Å². The fraction of sp³-hybridized carbons (Fsp3) is 0.167. The highest BCUT2D eigenvalue weighted by atomic mass is 16.2. The molecule has 7 nitrogen and oxygen atoms in total. The summed E-state index contributed by atoms with van der Waals surface area (Å²) in [6.45, 7) is 1.96. The van der Waals surface area contributed by atoms with Crippen LogP contribution < -0.4 is 10.2 Å². The molecule has 0 aliphatic heterocycles. The van der Waals surface area contributed by atoms with Gasteiger partial charge in [-0.2, -0.15) is 0 Å². The highest BCUT2D eigenvalue weighted by molar-refractivity contribution is 5.95. The maximum absolute atomic E-state index is 13.1. The van der Waals surface area contributed by atoms with Crippen LogP contribution in [0, 0.1) is 0 Å². The molecule has 0 spiro atoms. The van der Waals surface area contributed by atoms with E-state index < -0.39 is 6.04 Å². The molecule has 7 heteroatoms. The topological polar surface area (TPSA) is 80.1 Å². The second-order valence-electron chi connectivity index (χ2n) is 7.27. The van der Waals surface area contributed by atoms with Gasteiger partial charge in [0.2, 0.25) is 5.91 Å². The van der Waals surface area contributed by atoms with Crippen LogP contribution in [-0.2, 0) is 11.3 Å². The standard InChI is InChI=1S/C24H23N5O2/c1-17(26-24(31)18-9-8-14-25-15-18)23-27-20-12-6-7-13-21(20)29(23)16-22(30)28(2)19-10-4-3-5-11-19/h3-15,17H,16H2,1-2H3,(H,26,31). The van der Waals surface area contributed by atoms with Crippen molar-refractivity contribution in [1.82, 2.24) is 19.9 Å². The Kier molecular flexibility index (Phi) is 5.75. The molecule has 2 heterocycles. The number of imidazole rings is 1. The van der Waals surface area contributed by atoms with Gasteiger partial charge in [0.25, 0.3) is 5.91 Å². The number of likely N-dealkylation sites (N-methyl/N-ethyl adjacent to an activating group) is 1. The predicted octanol–water partition coefficient (Wildman–Crippen LogP) is 3.59. The molecule has 156 valence electrons. The summed E-state index contributed by atoms with van der Waals surface area (Å²) in [5, 5.41) is 2.96. The quantitative estimate of drug-likeness (QED) is 0.524. The number of nitrogens with one attached hydrogen (secondary N) is 1. The van der Waals surface area contributed by atoms with E-state index >= 15 is 0 Å². The number of hydrogen-bond acceptors (Lipinski definition) is 4. The molecule has 1 N–H and O–H groups in total. The zero-order valence-electron chi connectivity index (χ0n) is 17.4. The van der Waals surface area contributed by atoms with Crippen molar-refractivity contribution in [2.75, 3.05) is 11.9 Å². The molecule has 0 aliphatic rings. The van der Waals surface area contributed by atoms with Crippen LogP contribution in [0.3, 0.4) is 0 Å². The number of para-hydroxylation sites is 3. The molecule has 31 heavy (non-hydrogen) atoms. The molecule has 1 unspecified atom stereocenters. The van der Waals surface area contributed by atoms with Gasteiger partial charge in [-0.1, -0.05) is 30.3 Å². The molecule has 0 aliphatic carbocycles. The van der Waals surface area contributed by atoms with Gasteiger partial charge in [-0.25, -0.2) is 4.98 Å². The number of aromatic nitrogens is 3. The molecule has 2 aromatic heterocycles. The second-order valence-corrected chi connectivity index (χ2v) is 7.27. The van der Waals surface area contributed by atoms with Crippen LogP contribution in [0.1, 0.15) is 29.1 Å². The lowest BCUT2D eigenvalue weighted by Gasteiger charge is -2.20. The molecule has 0 radical (unpaired) electrons. The largest absolute Gasteiger partial charge is 0.342 e. The lowest BCUT2D eigenvalue weighted by molar-refractivity contribution is -0.118. The number of anilines is 1. The summed E-state index contributed by atoms with van der Waals surface area (Å²) >= 11 is 0. The Balaban J connectivity index is 1.63. The van der Waals surface area contributed by atoms with Crippen LogP contribution in [0.2, 0.25) is 0 Å². The first-order valence-corrected chi connectivity index (χ1v) is 10.0. The zero-order chi connectivity index (χ0) is 21.8. The van der Waals surface area contributed by atoms with Crippen LogP contribution in [0.5, 0.6) is 0 Å². The Hall–Kier alpha value is -4.00. The van der Waals surface area contributed by atoms with Crippen LogP contribution in [0.25, 0.3) is 11.0 Å². The van der Waals surface area contributed by atoms with Gasteiger partial charge >= 0.3 is 0 Å². The Labute approximate surface area is 180 Å². The normalized spacial score (nSPS) is 11.8. The summed E-state index contributed by atoms with van der Waals surface area (Å²) in [4.78, 5) is 36.0. The van der Waals surface area contributed by atoms with E-state index in [2.05, 4.69) is 10.3 Å². The molecule has 2 amide bonds. The average Bonchev–Trinajstić information content (AvgIpc) is 3.18. The predicted molar refractivity (Wildman–Crippen MR) is 120 cm³/mol. The third-order valence-electron chi connectivity index (χ3n) is 5.15. The average molecular weight is 413 g/mol. The molecule has 4 rings (SSSR count). The number of amides is 2. The number of benzene rings is 2. The lowest BCUT2D eigenvalue weighted by atomic mass is 10.2. The van der Waals surface area contributed by atoms with Crippen LogP contribution in [0.15, 0.2) is 79.1 Å². The fourth-order valence-electron chi connectivity index (χ4n) is 3.47. The van der Waals surface area contributed by atoms with E-state index in [0.717, 1.165) is 16.7 Å². The molecule has 0 saturated carbocycles. The van der Waals surface area contributed by atoms with Gasteiger partial charge in [-0.3, -0.25) is 14.6 Å². The van der Waals surface area contributed by atoms with Crippen molar-refractivity contribution in [3.63, 3.8) is 0 Å². The van der Waals surface area contributed by atoms with E-state index in [4.69, 9.17) is 4.98 Å². The van der Waals surface area contributed by atoms with Crippen LogP contribution >= 0.6 is 0 Å². The minimum atomic E-state index is -0.407. The Bertz CT molecular complexity index is 1200. The van der Waals surface area contributed by atoms with E-state index in [1.165, 1.54) is 6.20 Å². The first kappa shape index (κ1) is 20.3. The zero-order valence-corrected chi connectivity index (χ0v) is 17.4. The minimum Gasteiger partial charge on any atom is -0.342 e. The maximum atomic E-state index is 13.1. The summed E-state index contributed by atoms with van der Waals surface area (Å²) in [5.74, 6) is 0.293. The Morgan fingerprint density at radius 3 is 2.52 bits per heavy atom. The molecular formula is C24H23N5O2. The van der Waals surface area contributed by atoms with E-state index in [1.54, 1.807) is 30.3 Å². The minimum absolute atomic E-state index is 0.0820. The van der Waals surface area contributed by atoms with Crippen molar-refractivity contribution in [1.29, 1.82) is 0 Å². The monoisotopic (exact) mass is 413 g/mol. The van der Waals surface area contributed by atoms with Gasteiger partial charge in [-0.15, -0.1) is 0 Å². The molecule has 2 aromatic carbocycles.